The van der Waals surface area contributed by atoms with E-state index in [1.165, 1.54) is 193 Å². The van der Waals surface area contributed by atoms with E-state index in [1.807, 2.05) is 0 Å². The predicted molar refractivity (Wildman–Crippen MR) is 173 cm³/mol. The van der Waals surface area contributed by atoms with Crippen molar-refractivity contribution in [3.8, 4) is 0 Å². The van der Waals surface area contributed by atoms with Crippen molar-refractivity contribution >= 4 is 0 Å². The molecule has 37 heavy (non-hydrogen) atoms. The van der Waals surface area contributed by atoms with Crippen molar-refractivity contribution in [3.05, 3.63) is 12.7 Å². The van der Waals surface area contributed by atoms with Gasteiger partial charge in [0.05, 0.1) is 0 Å². The van der Waals surface area contributed by atoms with Crippen LogP contribution >= 0.6 is 0 Å². The SMILES string of the molecule is C=CCCCCCCCCCC[C@H](C)CCC[C@H](C)CCCCCCCCCCCCCCCCCC. The molecule has 0 heteroatoms. The average molecular weight is 519 g/mol. The Bertz CT molecular complexity index is 410. The summed E-state index contributed by atoms with van der Waals surface area (Å²) in [4.78, 5) is 0. The van der Waals surface area contributed by atoms with Gasteiger partial charge in [0.25, 0.3) is 0 Å². The topological polar surface area (TPSA) is 0 Å². The molecule has 2 atom stereocenters. The molecule has 0 bridgehead atoms. The van der Waals surface area contributed by atoms with Crippen LogP contribution in [0.3, 0.4) is 0 Å². The van der Waals surface area contributed by atoms with Crippen LogP contribution in [0.5, 0.6) is 0 Å². The van der Waals surface area contributed by atoms with E-state index in [1.54, 1.807) is 0 Å². The number of unbranched alkanes of at least 4 members (excludes halogenated alkanes) is 23. The molecule has 0 amide bonds. The normalized spacial score (nSPS) is 13.2. The van der Waals surface area contributed by atoms with Gasteiger partial charge in [-0.2, -0.15) is 0 Å². The highest BCUT2D eigenvalue weighted by Crippen LogP contribution is 2.22. The van der Waals surface area contributed by atoms with Crippen LogP contribution in [0.2, 0.25) is 0 Å². The summed E-state index contributed by atoms with van der Waals surface area (Å²) in [5.74, 6) is 1.90. The standard InChI is InChI=1S/C37H74/c1-5-7-9-11-13-15-17-18-19-20-21-22-24-26-28-30-33-37(4)35-31-34-36(3)32-29-27-25-23-16-14-12-10-8-6-2/h6,36-37H,2,5,7-35H2,1,3-4H3/t36-,37+/m0/s1. The Morgan fingerprint density at radius 3 is 0.973 bits per heavy atom. The molecule has 0 rings (SSSR count). The van der Waals surface area contributed by atoms with E-state index in [4.69, 9.17) is 0 Å². The van der Waals surface area contributed by atoms with Gasteiger partial charge in [0.15, 0.2) is 0 Å². The molecule has 0 nitrogen and oxygen atoms in total. The lowest BCUT2D eigenvalue weighted by molar-refractivity contribution is 0.390. The van der Waals surface area contributed by atoms with Gasteiger partial charge in [0.2, 0.25) is 0 Å². The molecule has 0 aromatic heterocycles. The van der Waals surface area contributed by atoms with E-state index in [9.17, 15) is 0 Å². The van der Waals surface area contributed by atoms with Crippen molar-refractivity contribution in [2.45, 2.75) is 213 Å². The van der Waals surface area contributed by atoms with Crippen molar-refractivity contribution in [2.24, 2.45) is 11.8 Å². The summed E-state index contributed by atoms with van der Waals surface area (Å²) in [6, 6.07) is 0. The van der Waals surface area contributed by atoms with Crippen molar-refractivity contribution in [1.82, 2.24) is 0 Å². The summed E-state index contributed by atoms with van der Waals surface area (Å²) in [6.45, 7) is 11.1. The van der Waals surface area contributed by atoms with Crippen LogP contribution in [-0.2, 0) is 0 Å². The Labute approximate surface area is 237 Å². The monoisotopic (exact) mass is 519 g/mol. The molecule has 0 aliphatic rings. The first-order chi connectivity index (χ1) is 18.2. The average Bonchev–Trinajstić information content (AvgIpc) is 2.89. The Balaban J connectivity index is 3.25. The van der Waals surface area contributed by atoms with Crippen LogP contribution in [0.25, 0.3) is 0 Å². The molecule has 222 valence electrons. The molecule has 0 aliphatic carbocycles. The van der Waals surface area contributed by atoms with Crippen molar-refractivity contribution in [2.75, 3.05) is 0 Å². The maximum Gasteiger partial charge on any atom is -0.0353 e. The summed E-state index contributed by atoms with van der Waals surface area (Å²) < 4.78 is 0. The predicted octanol–water partition coefficient (Wildman–Crippen LogP) is 14.2. The lowest BCUT2D eigenvalue weighted by Gasteiger charge is -2.14. The Morgan fingerprint density at radius 2 is 0.649 bits per heavy atom. The second-order valence-corrected chi connectivity index (χ2v) is 12.9. The molecule has 0 N–H and O–H groups in total. The van der Waals surface area contributed by atoms with Crippen LogP contribution < -0.4 is 0 Å². The molecule has 0 aromatic rings. The summed E-state index contributed by atoms with van der Waals surface area (Å²) in [5, 5.41) is 0. The van der Waals surface area contributed by atoms with Gasteiger partial charge in [-0.05, 0) is 24.7 Å². The summed E-state index contributed by atoms with van der Waals surface area (Å²) in [7, 11) is 0. The molecule has 0 unspecified atom stereocenters. The zero-order valence-electron chi connectivity index (χ0n) is 26.7. The Kier molecular flexibility index (Phi) is 31.7. The molecule has 0 fully saturated rings. The first-order valence-corrected chi connectivity index (χ1v) is 17.8. The van der Waals surface area contributed by atoms with E-state index in [2.05, 4.69) is 33.4 Å². The molecule has 0 saturated carbocycles. The first-order valence-electron chi connectivity index (χ1n) is 17.8. The van der Waals surface area contributed by atoms with Crippen molar-refractivity contribution in [3.63, 3.8) is 0 Å². The zero-order chi connectivity index (χ0) is 27.1. The zero-order valence-corrected chi connectivity index (χ0v) is 26.7. The maximum atomic E-state index is 3.81. The van der Waals surface area contributed by atoms with Gasteiger partial charge in [-0.1, -0.05) is 207 Å². The molecule has 0 aliphatic heterocycles. The number of rotatable bonds is 32. The van der Waals surface area contributed by atoms with E-state index in [-0.39, 0.29) is 0 Å². The highest BCUT2D eigenvalue weighted by molar-refractivity contribution is 4.65. The molecule has 0 spiro atoms. The minimum Gasteiger partial charge on any atom is -0.103 e. The molecule has 0 radical (unpaired) electrons. The molecular weight excluding hydrogens is 444 g/mol. The van der Waals surface area contributed by atoms with Gasteiger partial charge in [0, 0.05) is 0 Å². The minimum atomic E-state index is 0.946. The third kappa shape index (κ3) is 31.9. The van der Waals surface area contributed by atoms with Gasteiger partial charge in [-0.3, -0.25) is 0 Å². The molecule has 0 heterocycles. The van der Waals surface area contributed by atoms with Crippen LogP contribution in [0.4, 0.5) is 0 Å². The van der Waals surface area contributed by atoms with Gasteiger partial charge in [0.1, 0.15) is 0 Å². The highest BCUT2D eigenvalue weighted by atomic mass is 14.1. The van der Waals surface area contributed by atoms with Crippen LogP contribution in [0.15, 0.2) is 12.7 Å². The molecule has 0 saturated heterocycles. The molecular formula is C37H74. The Morgan fingerprint density at radius 1 is 0.378 bits per heavy atom. The van der Waals surface area contributed by atoms with Crippen LogP contribution in [-0.4, -0.2) is 0 Å². The summed E-state index contributed by atoms with van der Waals surface area (Å²) in [5.41, 5.74) is 0. The quantitative estimate of drug-likeness (QED) is 0.0613. The highest BCUT2D eigenvalue weighted by Gasteiger charge is 2.06. The second kappa shape index (κ2) is 32.0. The van der Waals surface area contributed by atoms with Gasteiger partial charge >= 0.3 is 0 Å². The number of hydrogen-bond donors (Lipinski definition) is 0. The van der Waals surface area contributed by atoms with Gasteiger partial charge < -0.3 is 0 Å². The van der Waals surface area contributed by atoms with E-state index < -0.39 is 0 Å². The number of allylic oxidation sites excluding steroid dienone is 1. The van der Waals surface area contributed by atoms with E-state index >= 15 is 0 Å². The third-order valence-corrected chi connectivity index (χ3v) is 8.80. The lowest BCUT2D eigenvalue weighted by atomic mass is 9.92. The summed E-state index contributed by atoms with van der Waals surface area (Å²) in [6.07, 6.45) is 45.6. The number of hydrogen-bond acceptors (Lipinski definition) is 0. The largest absolute Gasteiger partial charge is 0.103 e. The smallest absolute Gasteiger partial charge is 0.0353 e. The first kappa shape index (κ1) is 36.7. The van der Waals surface area contributed by atoms with Crippen LogP contribution in [0, 0.1) is 11.8 Å². The van der Waals surface area contributed by atoms with Crippen LogP contribution in [0.1, 0.15) is 213 Å². The lowest BCUT2D eigenvalue weighted by Crippen LogP contribution is -1.99. The molecule has 0 aromatic carbocycles. The van der Waals surface area contributed by atoms with Crippen molar-refractivity contribution < 1.29 is 0 Å². The van der Waals surface area contributed by atoms with Gasteiger partial charge in [-0.15, -0.1) is 6.58 Å². The minimum absolute atomic E-state index is 0.946. The van der Waals surface area contributed by atoms with E-state index in [0.717, 1.165) is 11.8 Å². The fraction of sp³-hybridized carbons (Fsp3) is 0.946. The van der Waals surface area contributed by atoms with Gasteiger partial charge in [-0.25, -0.2) is 0 Å². The van der Waals surface area contributed by atoms with Crippen molar-refractivity contribution in [1.29, 1.82) is 0 Å². The van der Waals surface area contributed by atoms with E-state index in [0.29, 0.717) is 0 Å². The fourth-order valence-electron chi connectivity index (χ4n) is 5.99. The second-order valence-electron chi connectivity index (χ2n) is 12.9. The Hall–Kier alpha value is -0.260. The fourth-order valence-corrected chi connectivity index (χ4v) is 5.99. The summed E-state index contributed by atoms with van der Waals surface area (Å²) >= 11 is 0. The maximum absolute atomic E-state index is 3.81. The third-order valence-electron chi connectivity index (χ3n) is 8.80.